The molecule has 0 aliphatic rings. The molecule has 0 unspecified atom stereocenters. The van der Waals surface area contributed by atoms with E-state index in [0.717, 1.165) is 0 Å². The minimum absolute atomic E-state index is 0.278. The summed E-state index contributed by atoms with van der Waals surface area (Å²) in [5, 5.41) is 4.96. The average Bonchev–Trinajstić information content (AvgIpc) is 2.40. The third-order valence-corrected chi connectivity index (χ3v) is 2.54. The zero-order valence-electron chi connectivity index (χ0n) is 10.9. The first kappa shape index (κ1) is 14.9. The van der Waals surface area contributed by atoms with Crippen LogP contribution in [0, 0.1) is 5.82 Å². The summed E-state index contributed by atoms with van der Waals surface area (Å²) in [5.74, 6) is -0.822. The number of nitrogens with one attached hydrogen (secondary N) is 2. The summed E-state index contributed by atoms with van der Waals surface area (Å²) in [6.45, 7) is 1.79. The number of hydrogen-bond acceptors (Lipinski definition) is 3. The Hall–Kier alpha value is -2.11. The predicted molar refractivity (Wildman–Crippen MR) is 68.1 cm³/mol. The lowest BCUT2D eigenvalue weighted by Crippen LogP contribution is -2.45. The summed E-state index contributed by atoms with van der Waals surface area (Å²) in [4.78, 5) is 22.5. The van der Waals surface area contributed by atoms with Crippen molar-refractivity contribution in [3.05, 3.63) is 35.6 Å². The van der Waals surface area contributed by atoms with E-state index in [1.807, 2.05) is 0 Å². The number of methoxy groups -OCH3 is 1. The molecule has 5 nitrogen and oxygen atoms in total. The molecular formula is C13H17FN2O3. The normalized spacial score (nSPS) is 11.5. The van der Waals surface area contributed by atoms with E-state index in [4.69, 9.17) is 0 Å². The average molecular weight is 268 g/mol. The molecule has 0 radical (unpaired) electrons. The smallest absolute Gasteiger partial charge is 0.328 e. The SMILES string of the molecule is COC(=O)[C@H](C)NC(=O)NCCc1ccccc1F. The number of benzene rings is 1. The third kappa shape index (κ3) is 4.95. The quantitative estimate of drug-likeness (QED) is 0.789. The molecule has 0 spiro atoms. The maximum Gasteiger partial charge on any atom is 0.328 e. The Morgan fingerprint density at radius 1 is 1.37 bits per heavy atom. The summed E-state index contributed by atoms with van der Waals surface area (Å²) in [6, 6.07) is 5.16. The molecule has 1 aromatic rings. The molecule has 2 N–H and O–H groups in total. The molecule has 0 heterocycles. The number of amides is 2. The summed E-state index contributed by atoms with van der Waals surface area (Å²) >= 11 is 0. The molecule has 2 amide bonds. The second-order valence-corrected chi connectivity index (χ2v) is 3.99. The van der Waals surface area contributed by atoms with Crippen LogP contribution in [-0.4, -0.2) is 31.7 Å². The highest BCUT2D eigenvalue weighted by atomic mass is 19.1. The number of carbonyl (C=O) groups excluding carboxylic acids is 2. The lowest BCUT2D eigenvalue weighted by molar-refractivity contribution is -0.142. The van der Waals surface area contributed by atoms with Gasteiger partial charge in [0.05, 0.1) is 7.11 Å². The summed E-state index contributed by atoms with van der Waals surface area (Å²) in [7, 11) is 1.25. The van der Waals surface area contributed by atoms with Gasteiger partial charge in [-0.2, -0.15) is 0 Å². The molecule has 0 saturated heterocycles. The van der Waals surface area contributed by atoms with Crippen molar-refractivity contribution in [3.8, 4) is 0 Å². The Kier molecular flexibility index (Phi) is 5.78. The van der Waals surface area contributed by atoms with Gasteiger partial charge in [0, 0.05) is 6.54 Å². The molecule has 1 rings (SSSR count). The molecule has 0 aliphatic heterocycles. The van der Waals surface area contributed by atoms with Crippen LogP contribution in [0.2, 0.25) is 0 Å². The van der Waals surface area contributed by atoms with Gasteiger partial charge in [-0.25, -0.2) is 14.0 Å². The van der Waals surface area contributed by atoms with Crippen molar-refractivity contribution in [2.45, 2.75) is 19.4 Å². The second kappa shape index (κ2) is 7.35. The molecule has 1 aromatic carbocycles. The number of halogens is 1. The van der Waals surface area contributed by atoms with Crippen LogP contribution < -0.4 is 10.6 Å². The lowest BCUT2D eigenvalue weighted by atomic mass is 10.1. The number of urea groups is 1. The van der Waals surface area contributed by atoms with Gasteiger partial charge in [-0.3, -0.25) is 0 Å². The van der Waals surface area contributed by atoms with Gasteiger partial charge in [0.25, 0.3) is 0 Å². The molecular weight excluding hydrogens is 251 g/mol. The Bertz CT molecular complexity index is 451. The third-order valence-electron chi connectivity index (χ3n) is 2.54. The highest BCUT2D eigenvalue weighted by Gasteiger charge is 2.15. The zero-order valence-corrected chi connectivity index (χ0v) is 10.9. The zero-order chi connectivity index (χ0) is 14.3. The number of carbonyl (C=O) groups is 2. The van der Waals surface area contributed by atoms with E-state index < -0.39 is 18.0 Å². The van der Waals surface area contributed by atoms with E-state index in [9.17, 15) is 14.0 Å². The van der Waals surface area contributed by atoms with Crippen molar-refractivity contribution in [3.63, 3.8) is 0 Å². The fourth-order valence-electron chi connectivity index (χ4n) is 1.50. The highest BCUT2D eigenvalue weighted by Crippen LogP contribution is 2.05. The fourth-order valence-corrected chi connectivity index (χ4v) is 1.50. The van der Waals surface area contributed by atoms with Crippen molar-refractivity contribution in [1.82, 2.24) is 10.6 Å². The van der Waals surface area contributed by atoms with Crippen LogP contribution in [0.3, 0.4) is 0 Å². The van der Waals surface area contributed by atoms with Gasteiger partial charge in [0.2, 0.25) is 0 Å². The van der Waals surface area contributed by atoms with Gasteiger partial charge in [-0.1, -0.05) is 18.2 Å². The van der Waals surface area contributed by atoms with Crippen LogP contribution in [0.5, 0.6) is 0 Å². The van der Waals surface area contributed by atoms with Gasteiger partial charge < -0.3 is 15.4 Å². The van der Waals surface area contributed by atoms with Crippen LogP contribution in [0.1, 0.15) is 12.5 Å². The van der Waals surface area contributed by atoms with E-state index in [2.05, 4.69) is 15.4 Å². The molecule has 0 aliphatic carbocycles. The highest BCUT2D eigenvalue weighted by molar-refractivity contribution is 5.83. The van der Waals surface area contributed by atoms with Gasteiger partial charge in [0.1, 0.15) is 11.9 Å². The van der Waals surface area contributed by atoms with Crippen molar-refractivity contribution in [1.29, 1.82) is 0 Å². The number of hydrogen-bond donors (Lipinski definition) is 2. The molecule has 6 heteroatoms. The van der Waals surface area contributed by atoms with Crippen LogP contribution in [0.25, 0.3) is 0 Å². The Labute approximate surface area is 111 Å². The Balaban J connectivity index is 2.32. The fraction of sp³-hybridized carbons (Fsp3) is 0.385. The minimum atomic E-state index is -0.724. The van der Waals surface area contributed by atoms with Crippen LogP contribution in [0.4, 0.5) is 9.18 Å². The largest absolute Gasteiger partial charge is 0.467 e. The van der Waals surface area contributed by atoms with Crippen molar-refractivity contribution in [2.24, 2.45) is 0 Å². The van der Waals surface area contributed by atoms with E-state index in [0.29, 0.717) is 12.0 Å². The second-order valence-electron chi connectivity index (χ2n) is 3.99. The van der Waals surface area contributed by atoms with Gasteiger partial charge in [-0.05, 0) is 25.0 Å². The predicted octanol–water partition coefficient (Wildman–Crippen LogP) is 1.23. The van der Waals surface area contributed by atoms with E-state index in [-0.39, 0.29) is 12.4 Å². The maximum atomic E-state index is 13.3. The Morgan fingerprint density at radius 2 is 2.05 bits per heavy atom. The molecule has 0 saturated carbocycles. The summed E-state index contributed by atoms with van der Waals surface area (Å²) in [5.41, 5.74) is 0.531. The molecule has 0 bridgehead atoms. The maximum absolute atomic E-state index is 13.3. The van der Waals surface area contributed by atoms with Crippen molar-refractivity contribution in [2.75, 3.05) is 13.7 Å². The number of esters is 1. The molecule has 0 aromatic heterocycles. The van der Waals surface area contributed by atoms with Gasteiger partial charge in [0.15, 0.2) is 0 Å². The number of ether oxygens (including phenoxy) is 1. The first-order valence-electron chi connectivity index (χ1n) is 5.90. The van der Waals surface area contributed by atoms with Crippen molar-refractivity contribution >= 4 is 12.0 Å². The molecule has 19 heavy (non-hydrogen) atoms. The van der Waals surface area contributed by atoms with Gasteiger partial charge >= 0.3 is 12.0 Å². The number of rotatable bonds is 5. The van der Waals surface area contributed by atoms with Crippen LogP contribution in [-0.2, 0) is 16.0 Å². The van der Waals surface area contributed by atoms with E-state index in [1.165, 1.54) is 20.1 Å². The van der Waals surface area contributed by atoms with E-state index in [1.54, 1.807) is 18.2 Å². The van der Waals surface area contributed by atoms with Crippen molar-refractivity contribution < 1.29 is 18.7 Å². The van der Waals surface area contributed by atoms with E-state index >= 15 is 0 Å². The standard InChI is InChI=1S/C13H17FN2O3/c1-9(12(17)19-2)16-13(18)15-8-7-10-5-3-4-6-11(10)14/h3-6,9H,7-8H2,1-2H3,(H2,15,16,18)/t9-/m0/s1. The van der Waals surface area contributed by atoms with Crippen LogP contribution in [0.15, 0.2) is 24.3 Å². The molecule has 104 valence electrons. The minimum Gasteiger partial charge on any atom is -0.467 e. The first-order chi connectivity index (χ1) is 9.04. The molecule has 0 fully saturated rings. The monoisotopic (exact) mass is 268 g/mol. The topological polar surface area (TPSA) is 67.4 Å². The summed E-state index contributed by atoms with van der Waals surface area (Å²) < 4.78 is 17.8. The molecule has 1 atom stereocenters. The first-order valence-corrected chi connectivity index (χ1v) is 5.90. The van der Waals surface area contributed by atoms with Gasteiger partial charge in [-0.15, -0.1) is 0 Å². The van der Waals surface area contributed by atoms with Crippen LogP contribution >= 0.6 is 0 Å². The Morgan fingerprint density at radius 3 is 2.68 bits per heavy atom. The lowest BCUT2D eigenvalue weighted by Gasteiger charge is -2.12. The summed E-state index contributed by atoms with van der Waals surface area (Å²) in [6.07, 6.45) is 0.382.